The number of ether oxygens (including phenoxy) is 1. The molecular formula is C22H22N4O3. The van der Waals surface area contributed by atoms with Gasteiger partial charge in [0.25, 0.3) is 0 Å². The van der Waals surface area contributed by atoms with Gasteiger partial charge in [0.1, 0.15) is 24.1 Å². The van der Waals surface area contributed by atoms with Crippen LogP contribution in [0.1, 0.15) is 35.7 Å². The van der Waals surface area contributed by atoms with Gasteiger partial charge in [-0.05, 0) is 50.1 Å². The van der Waals surface area contributed by atoms with Crippen LogP contribution in [-0.2, 0) is 4.79 Å². The first kappa shape index (κ1) is 20.1. The standard InChI is InChI=1S/C22H22N4O3/c1-15(25-21(28)22(14-24)7-8-22)13-29-19-5-6-20(17(10-19)11-23)26-18-4-2-3-16(9-18)12-27/h2-6,9-12,15,23,26H,7-8,13H2,1H3,(H,25,28). The Labute approximate surface area is 169 Å². The number of anilines is 2. The molecule has 0 heterocycles. The van der Waals surface area contributed by atoms with Crippen molar-refractivity contribution in [3.8, 4) is 11.8 Å². The Balaban J connectivity index is 1.61. The fourth-order valence-electron chi connectivity index (χ4n) is 2.85. The molecule has 2 aromatic carbocycles. The number of hydrogen-bond acceptors (Lipinski definition) is 6. The molecule has 1 amide bonds. The molecule has 148 valence electrons. The van der Waals surface area contributed by atoms with Crippen molar-refractivity contribution in [2.75, 3.05) is 11.9 Å². The molecule has 3 N–H and O–H groups in total. The Morgan fingerprint density at radius 3 is 2.79 bits per heavy atom. The summed E-state index contributed by atoms with van der Waals surface area (Å²) in [6.07, 6.45) is 3.21. The lowest BCUT2D eigenvalue weighted by Crippen LogP contribution is -2.40. The van der Waals surface area contributed by atoms with E-state index in [0.29, 0.717) is 35.4 Å². The maximum Gasteiger partial charge on any atom is 0.240 e. The van der Waals surface area contributed by atoms with E-state index in [0.717, 1.165) is 12.0 Å². The molecule has 3 rings (SSSR count). The molecule has 0 saturated heterocycles. The van der Waals surface area contributed by atoms with Gasteiger partial charge in [-0.3, -0.25) is 9.59 Å². The number of carbonyl (C=O) groups is 2. The Morgan fingerprint density at radius 2 is 2.14 bits per heavy atom. The number of nitrogens with zero attached hydrogens (tertiary/aromatic N) is 1. The minimum atomic E-state index is -0.851. The molecule has 0 radical (unpaired) electrons. The minimum absolute atomic E-state index is 0.242. The summed E-state index contributed by atoms with van der Waals surface area (Å²) < 4.78 is 5.74. The highest BCUT2D eigenvalue weighted by Crippen LogP contribution is 2.45. The smallest absolute Gasteiger partial charge is 0.240 e. The first-order valence-corrected chi connectivity index (χ1v) is 9.31. The number of nitrogens with one attached hydrogen (secondary N) is 3. The van der Waals surface area contributed by atoms with Gasteiger partial charge in [-0.2, -0.15) is 5.26 Å². The fourth-order valence-corrected chi connectivity index (χ4v) is 2.85. The SMILES string of the molecule is CC(COc1ccc(Nc2cccc(C=O)c2)c(C=N)c1)NC(=O)C1(C#N)CC1. The van der Waals surface area contributed by atoms with Crippen LogP contribution in [0.3, 0.4) is 0 Å². The lowest BCUT2D eigenvalue weighted by atomic mass is 10.1. The average Bonchev–Trinajstić information content (AvgIpc) is 3.54. The molecule has 1 aliphatic carbocycles. The Hall–Kier alpha value is -3.66. The zero-order valence-electron chi connectivity index (χ0n) is 16.1. The molecule has 7 heteroatoms. The summed E-state index contributed by atoms with van der Waals surface area (Å²) in [5, 5.41) is 22.8. The van der Waals surface area contributed by atoms with Crippen molar-refractivity contribution >= 4 is 29.8 Å². The van der Waals surface area contributed by atoms with Crippen molar-refractivity contribution in [1.29, 1.82) is 10.7 Å². The van der Waals surface area contributed by atoms with E-state index in [1.165, 1.54) is 6.21 Å². The van der Waals surface area contributed by atoms with E-state index in [-0.39, 0.29) is 18.6 Å². The van der Waals surface area contributed by atoms with E-state index in [2.05, 4.69) is 16.7 Å². The predicted molar refractivity (Wildman–Crippen MR) is 110 cm³/mol. The third-order valence-corrected chi connectivity index (χ3v) is 4.76. The van der Waals surface area contributed by atoms with Crippen LogP contribution in [0.15, 0.2) is 42.5 Å². The van der Waals surface area contributed by atoms with Gasteiger partial charge in [0.05, 0.1) is 12.1 Å². The molecule has 1 atom stereocenters. The maximum atomic E-state index is 12.1. The van der Waals surface area contributed by atoms with Crippen LogP contribution in [0.25, 0.3) is 0 Å². The molecule has 0 bridgehead atoms. The zero-order valence-corrected chi connectivity index (χ0v) is 16.1. The quantitative estimate of drug-likeness (QED) is 0.448. The fraction of sp³-hybridized carbons (Fsp3) is 0.273. The van der Waals surface area contributed by atoms with E-state index in [9.17, 15) is 9.59 Å². The van der Waals surface area contributed by atoms with Gasteiger partial charge >= 0.3 is 0 Å². The third-order valence-electron chi connectivity index (χ3n) is 4.76. The number of amides is 1. The van der Waals surface area contributed by atoms with Crippen molar-refractivity contribution in [3.05, 3.63) is 53.6 Å². The molecule has 1 aliphatic rings. The van der Waals surface area contributed by atoms with E-state index in [4.69, 9.17) is 15.4 Å². The number of carbonyl (C=O) groups excluding carboxylic acids is 2. The highest BCUT2D eigenvalue weighted by atomic mass is 16.5. The number of aldehydes is 1. The lowest BCUT2D eigenvalue weighted by Gasteiger charge is -2.17. The molecular weight excluding hydrogens is 368 g/mol. The summed E-state index contributed by atoms with van der Waals surface area (Å²) in [4.78, 5) is 23.0. The summed E-state index contributed by atoms with van der Waals surface area (Å²) >= 11 is 0. The summed E-state index contributed by atoms with van der Waals surface area (Å²) in [5.41, 5.74) is 1.79. The van der Waals surface area contributed by atoms with E-state index in [1.54, 1.807) is 36.4 Å². The van der Waals surface area contributed by atoms with E-state index >= 15 is 0 Å². The van der Waals surface area contributed by atoms with Gasteiger partial charge in [0.2, 0.25) is 5.91 Å². The second-order valence-corrected chi connectivity index (χ2v) is 7.14. The van der Waals surface area contributed by atoms with E-state index in [1.807, 2.05) is 13.0 Å². The highest BCUT2D eigenvalue weighted by Gasteiger charge is 2.50. The number of nitriles is 1. The molecule has 0 spiro atoms. The first-order chi connectivity index (χ1) is 14.0. The molecule has 1 fully saturated rings. The second-order valence-electron chi connectivity index (χ2n) is 7.14. The average molecular weight is 390 g/mol. The van der Waals surface area contributed by atoms with Gasteiger partial charge in [-0.25, -0.2) is 0 Å². The Morgan fingerprint density at radius 1 is 1.34 bits per heavy atom. The Bertz CT molecular complexity index is 976. The summed E-state index contributed by atoms with van der Waals surface area (Å²) in [6.45, 7) is 2.07. The molecule has 29 heavy (non-hydrogen) atoms. The molecule has 1 saturated carbocycles. The second kappa shape index (κ2) is 8.57. The van der Waals surface area contributed by atoms with Crippen LogP contribution in [0.4, 0.5) is 11.4 Å². The first-order valence-electron chi connectivity index (χ1n) is 9.31. The molecule has 2 aromatic rings. The number of hydrogen-bond donors (Lipinski definition) is 3. The summed E-state index contributed by atoms with van der Waals surface area (Å²) in [5.74, 6) is 0.326. The van der Waals surface area contributed by atoms with E-state index < -0.39 is 5.41 Å². The number of benzene rings is 2. The zero-order chi connectivity index (χ0) is 20.9. The van der Waals surface area contributed by atoms with Crippen molar-refractivity contribution in [3.63, 3.8) is 0 Å². The van der Waals surface area contributed by atoms with Crippen LogP contribution >= 0.6 is 0 Å². The van der Waals surface area contributed by atoms with Crippen molar-refractivity contribution in [1.82, 2.24) is 5.32 Å². The minimum Gasteiger partial charge on any atom is -0.491 e. The third kappa shape index (κ3) is 4.79. The van der Waals surface area contributed by atoms with Crippen molar-refractivity contribution in [2.45, 2.75) is 25.8 Å². The predicted octanol–water partition coefficient (Wildman–Crippen LogP) is 3.43. The van der Waals surface area contributed by atoms with Gasteiger partial charge < -0.3 is 20.8 Å². The number of rotatable bonds is 9. The van der Waals surface area contributed by atoms with Crippen LogP contribution in [-0.4, -0.2) is 31.1 Å². The molecule has 0 aromatic heterocycles. The van der Waals surface area contributed by atoms with Crippen molar-refractivity contribution in [2.24, 2.45) is 5.41 Å². The van der Waals surface area contributed by atoms with Crippen LogP contribution in [0.5, 0.6) is 5.75 Å². The summed E-state index contributed by atoms with van der Waals surface area (Å²) in [6, 6.07) is 14.2. The summed E-state index contributed by atoms with van der Waals surface area (Å²) in [7, 11) is 0. The normalized spacial score (nSPS) is 14.8. The van der Waals surface area contributed by atoms with Crippen LogP contribution in [0, 0.1) is 22.2 Å². The van der Waals surface area contributed by atoms with Crippen molar-refractivity contribution < 1.29 is 14.3 Å². The monoisotopic (exact) mass is 390 g/mol. The molecule has 7 nitrogen and oxygen atoms in total. The van der Waals surface area contributed by atoms with Gasteiger partial charge in [-0.15, -0.1) is 0 Å². The topological polar surface area (TPSA) is 115 Å². The van der Waals surface area contributed by atoms with Gasteiger partial charge in [-0.1, -0.05) is 12.1 Å². The maximum absolute atomic E-state index is 12.1. The molecule has 1 unspecified atom stereocenters. The molecule has 0 aliphatic heterocycles. The lowest BCUT2D eigenvalue weighted by molar-refractivity contribution is -0.125. The van der Waals surface area contributed by atoms with Gasteiger partial charge in [0, 0.05) is 28.7 Å². The van der Waals surface area contributed by atoms with Crippen LogP contribution in [0.2, 0.25) is 0 Å². The van der Waals surface area contributed by atoms with Gasteiger partial charge in [0.15, 0.2) is 0 Å². The van der Waals surface area contributed by atoms with Crippen LogP contribution < -0.4 is 15.4 Å². The Kier molecular flexibility index (Phi) is 5.93. The largest absolute Gasteiger partial charge is 0.491 e. The highest BCUT2D eigenvalue weighted by molar-refractivity contribution is 5.89.